The monoisotopic (exact) mass is 283 g/mol. The number of nitrogens with zero attached hydrogens (tertiary/aromatic N) is 1. The molecule has 1 aliphatic rings. The molecule has 104 valence electrons. The summed E-state index contributed by atoms with van der Waals surface area (Å²) in [5, 5.41) is 2.60. The van der Waals surface area contributed by atoms with E-state index in [1.54, 1.807) is 36.2 Å². The van der Waals surface area contributed by atoms with Crippen molar-refractivity contribution in [2.75, 3.05) is 19.3 Å². The maximum atomic E-state index is 12.3. The number of carbonyl (C=O) groups excluding carboxylic acids is 2. The number of nitrogen functional groups attached to an aromatic ring is 1. The number of hydrogen-bond donors (Lipinski definition) is 2. The van der Waals surface area contributed by atoms with Crippen molar-refractivity contribution in [3.05, 3.63) is 29.8 Å². The van der Waals surface area contributed by atoms with Crippen LogP contribution in [0, 0.1) is 0 Å². The lowest BCUT2D eigenvalue weighted by Crippen LogP contribution is -2.44. The van der Waals surface area contributed by atoms with Crippen LogP contribution in [0.5, 0.6) is 0 Å². The fourth-order valence-electron chi connectivity index (χ4n) is 2.24. The third kappa shape index (κ3) is 3.17. The molecule has 0 spiro atoms. The average molecular weight is 284 g/mol. The van der Waals surface area contributed by atoms with Crippen LogP contribution in [0.25, 0.3) is 0 Å². The SMILES string of the molecule is CNC(=O)C1CCCN1C(=O)c1ccc(N)cc1.Cl. The van der Waals surface area contributed by atoms with E-state index in [2.05, 4.69) is 5.32 Å². The van der Waals surface area contributed by atoms with E-state index >= 15 is 0 Å². The lowest BCUT2D eigenvalue weighted by molar-refractivity contribution is -0.124. The van der Waals surface area contributed by atoms with E-state index in [4.69, 9.17) is 5.73 Å². The van der Waals surface area contributed by atoms with E-state index in [0.29, 0.717) is 17.8 Å². The van der Waals surface area contributed by atoms with Gasteiger partial charge in [0.2, 0.25) is 5.91 Å². The Kier molecular flexibility index (Phi) is 5.18. The predicted octanol–water partition coefficient (Wildman–Crippen LogP) is 1.04. The molecule has 6 heteroatoms. The Morgan fingerprint density at radius 2 is 1.95 bits per heavy atom. The molecule has 5 nitrogen and oxygen atoms in total. The number of likely N-dealkylation sites (tertiary alicyclic amines) is 1. The Hall–Kier alpha value is -1.75. The van der Waals surface area contributed by atoms with Crippen LogP contribution in [0.2, 0.25) is 0 Å². The van der Waals surface area contributed by atoms with Gasteiger partial charge in [0.1, 0.15) is 6.04 Å². The standard InChI is InChI=1S/C13H17N3O2.ClH/c1-15-12(17)11-3-2-8-16(11)13(18)9-4-6-10(14)7-5-9;/h4-7,11H,2-3,8,14H2,1H3,(H,15,17);1H. The molecule has 0 aromatic heterocycles. The second-order valence-electron chi connectivity index (χ2n) is 4.39. The lowest BCUT2D eigenvalue weighted by Gasteiger charge is -2.23. The Balaban J connectivity index is 0.00000180. The third-order valence-electron chi connectivity index (χ3n) is 3.22. The zero-order chi connectivity index (χ0) is 13.1. The van der Waals surface area contributed by atoms with Crippen molar-refractivity contribution in [3.63, 3.8) is 0 Å². The van der Waals surface area contributed by atoms with Crippen LogP contribution >= 0.6 is 12.4 Å². The maximum Gasteiger partial charge on any atom is 0.254 e. The summed E-state index contributed by atoms with van der Waals surface area (Å²) in [7, 11) is 1.59. The molecule has 0 radical (unpaired) electrons. The molecule has 0 saturated carbocycles. The topological polar surface area (TPSA) is 75.4 Å². The van der Waals surface area contributed by atoms with Gasteiger partial charge in [-0.05, 0) is 37.1 Å². The van der Waals surface area contributed by atoms with E-state index in [-0.39, 0.29) is 30.3 Å². The van der Waals surface area contributed by atoms with Crippen molar-refractivity contribution >= 4 is 29.9 Å². The van der Waals surface area contributed by atoms with Gasteiger partial charge in [-0.2, -0.15) is 0 Å². The van der Waals surface area contributed by atoms with E-state index in [1.807, 2.05) is 0 Å². The Bertz CT molecular complexity index is 461. The quantitative estimate of drug-likeness (QED) is 0.797. The van der Waals surface area contributed by atoms with Gasteiger partial charge in [-0.3, -0.25) is 9.59 Å². The number of benzene rings is 1. The molecule has 19 heavy (non-hydrogen) atoms. The first-order valence-corrected chi connectivity index (χ1v) is 6.01. The molecule has 1 atom stereocenters. The highest BCUT2D eigenvalue weighted by molar-refractivity contribution is 5.98. The number of rotatable bonds is 2. The van der Waals surface area contributed by atoms with Crippen LogP contribution in [-0.2, 0) is 4.79 Å². The van der Waals surface area contributed by atoms with Crippen molar-refractivity contribution in [2.45, 2.75) is 18.9 Å². The second-order valence-corrected chi connectivity index (χ2v) is 4.39. The number of anilines is 1. The maximum absolute atomic E-state index is 12.3. The lowest BCUT2D eigenvalue weighted by atomic mass is 10.1. The van der Waals surface area contributed by atoms with Gasteiger partial charge in [0, 0.05) is 24.8 Å². The summed E-state index contributed by atoms with van der Waals surface area (Å²) in [5.41, 5.74) is 6.78. The van der Waals surface area contributed by atoms with Crippen LogP contribution in [0.1, 0.15) is 23.2 Å². The molecule has 1 saturated heterocycles. The summed E-state index contributed by atoms with van der Waals surface area (Å²) in [5.74, 6) is -0.211. The normalized spacial score (nSPS) is 17.7. The van der Waals surface area contributed by atoms with Gasteiger partial charge in [0.25, 0.3) is 5.91 Å². The molecule has 1 fully saturated rings. The van der Waals surface area contributed by atoms with Gasteiger partial charge in [-0.15, -0.1) is 12.4 Å². The zero-order valence-electron chi connectivity index (χ0n) is 10.8. The van der Waals surface area contributed by atoms with E-state index in [0.717, 1.165) is 12.8 Å². The number of nitrogens with two attached hydrogens (primary N) is 1. The minimum atomic E-state index is -0.347. The smallest absolute Gasteiger partial charge is 0.254 e. The number of amides is 2. The van der Waals surface area contributed by atoms with Crippen molar-refractivity contribution in [3.8, 4) is 0 Å². The molecule has 0 aliphatic carbocycles. The van der Waals surface area contributed by atoms with Crippen LogP contribution < -0.4 is 11.1 Å². The molecule has 3 N–H and O–H groups in total. The summed E-state index contributed by atoms with van der Waals surface area (Å²) in [4.78, 5) is 25.6. The molecule has 1 unspecified atom stereocenters. The number of likely N-dealkylation sites (N-methyl/N-ethyl adjacent to an activating group) is 1. The van der Waals surface area contributed by atoms with Crippen molar-refractivity contribution in [2.24, 2.45) is 0 Å². The molecule has 1 aromatic carbocycles. The number of hydrogen-bond acceptors (Lipinski definition) is 3. The second kappa shape index (κ2) is 6.43. The van der Waals surface area contributed by atoms with Gasteiger partial charge in [0.15, 0.2) is 0 Å². The average Bonchev–Trinajstić information content (AvgIpc) is 2.87. The van der Waals surface area contributed by atoms with Crippen LogP contribution in [-0.4, -0.2) is 36.3 Å². The minimum absolute atomic E-state index is 0. The molecule has 1 aromatic rings. The van der Waals surface area contributed by atoms with Crippen LogP contribution in [0.4, 0.5) is 5.69 Å². The molecule has 2 amide bonds. The van der Waals surface area contributed by atoms with E-state index in [9.17, 15) is 9.59 Å². The summed E-state index contributed by atoms with van der Waals surface area (Å²) in [6, 6.07) is 6.42. The van der Waals surface area contributed by atoms with Gasteiger partial charge in [-0.1, -0.05) is 0 Å². The van der Waals surface area contributed by atoms with Gasteiger partial charge in [-0.25, -0.2) is 0 Å². The van der Waals surface area contributed by atoms with Gasteiger partial charge >= 0.3 is 0 Å². The summed E-state index contributed by atoms with van der Waals surface area (Å²) in [6.45, 7) is 0.626. The van der Waals surface area contributed by atoms with E-state index < -0.39 is 0 Å². The molecular formula is C13H18ClN3O2. The third-order valence-corrected chi connectivity index (χ3v) is 3.22. The molecule has 0 bridgehead atoms. The van der Waals surface area contributed by atoms with Crippen LogP contribution in [0.3, 0.4) is 0 Å². The largest absolute Gasteiger partial charge is 0.399 e. The predicted molar refractivity (Wildman–Crippen MR) is 76.2 cm³/mol. The Morgan fingerprint density at radius 3 is 2.53 bits per heavy atom. The van der Waals surface area contributed by atoms with Crippen molar-refractivity contribution in [1.29, 1.82) is 0 Å². The molecule has 1 heterocycles. The van der Waals surface area contributed by atoms with Gasteiger partial charge in [0.05, 0.1) is 0 Å². The number of carbonyl (C=O) groups is 2. The first kappa shape index (κ1) is 15.3. The van der Waals surface area contributed by atoms with Crippen LogP contribution in [0.15, 0.2) is 24.3 Å². The fraction of sp³-hybridized carbons (Fsp3) is 0.385. The highest BCUT2D eigenvalue weighted by atomic mass is 35.5. The zero-order valence-corrected chi connectivity index (χ0v) is 11.6. The number of halogens is 1. The highest BCUT2D eigenvalue weighted by Gasteiger charge is 2.33. The summed E-state index contributed by atoms with van der Waals surface area (Å²) in [6.07, 6.45) is 1.58. The van der Waals surface area contributed by atoms with Gasteiger partial charge < -0.3 is 16.0 Å². The molecular weight excluding hydrogens is 266 g/mol. The first-order valence-electron chi connectivity index (χ1n) is 6.01. The Labute approximate surface area is 118 Å². The van der Waals surface area contributed by atoms with Crippen molar-refractivity contribution in [1.82, 2.24) is 10.2 Å². The Morgan fingerprint density at radius 1 is 1.32 bits per heavy atom. The molecule has 1 aliphatic heterocycles. The fourth-order valence-corrected chi connectivity index (χ4v) is 2.24. The first-order chi connectivity index (χ1) is 8.63. The number of nitrogens with one attached hydrogen (secondary N) is 1. The summed E-state index contributed by atoms with van der Waals surface area (Å²) >= 11 is 0. The van der Waals surface area contributed by atoms with Crippen molar-refractivity contribution < 1.29 is 9.59 Å². The van der Waals surface area contributed by atoms with E-state index in [1.165, 1.54) is 0 Å². The summed E-state index contributed by atoms with van der Waals surface area (Å²) < 4.78 is 0. The highest BCUT2D eigenvalue weighted by Crippen LogP contribution is 2.20. The minimum Gasteiger partial charge on any atom is -0.399 e. The molecule has 2 rings (SSSR count).